The zero-order valence-corrected chi connectivity index (χ0v) is 28.8. The van der Waals surface area contributed by atoms with Crippen LogP contribution in [0.1, 0.15) is 0 Å². The molecule has 0 unspecified atom stereocenters. The van der Waals surface area contributed by atoms with Crippen LogP contribution >= 0.6 is 0 Å². The third-order valence-electron chi connectivity index (χ3n) is 10.8. The van der Waals surface area contributed by atoms with Crippen molar-refractivity contribution < 1.29 is 13.3 Å². The first-order chi connectivity index (χ1) is 26.7. The van der Waals surface area contributed by atoms with Crippen LogP contribution < -0.4 is 4.90 Å². The van der Waals surface area contributed by atoms with Crippen molar-refractivity contribution in [3.05, 3.63) is 170 Å². The first kappa shape index (κ1) is 29.2. The lowest BCUT2D eigenvalue weighted by molar-refractivity contribution is 0.620. The molecule has 0 amide bonds. The highest BCUT2D eigenvalue weighted by molar-refractivity contribution is 6.16. The van der Waals surface area contributed by atoms with E-state index in [1.807, 2.05) is 30.3 Å². The minimum absolute atomic E-state index is 0.566. The van der Waals surface area contributed by atoms with Gasteiger partial charge in [0.05, 0.1) is 0 Å². The molecule has 0 bridgehead atoms. The summed E-state index contributed by atoms with van der Waals surface area (Å²) >= 11 is 0. The maximum Gasteiger partial charge on any atom is 0.228 e. The molecular formula is C49H28N2O3. The fourth-order valence-electron chi connectivity index (χ4n) is 8.30. The molecule has 54 heavy (non-hydrogen) atoms. The van der Waals surface area contributed by atoms with E-state index in [0.717, 1.165) is 99.1 Å². The number of benzene rings is 9. The van der Waals surface area contributed by atoms with E-state index >= 15 is 0 Å². The summed E-state index contributed by atoms with van der Waals surface area (Å²) in [6.07, 6.45) is 0. The van der Waals surface area contributed by atoms with E-state index in [9.17, 15) is 0 Å². The van der Waals surface area contributed by atoms with Gasteiger partial charge >= 0.3 is 0 Å². The fourth-order valence-corrected chi connectivity index (χ4v) is 8.30. The molecular weight excluding hydrogens is 665 g/mol. The Morgan fingerprint density at radius 3 is 1.85 bits per heavy atom. The SMILES string of the molecule is c1ccc2cc(N(c3ccc4oc5c6ccccc6ccc5c4c3)c3ccc4oc5cccc(-c6nc7c(ccc8ccccc87)o6)c5c4c3)ccc2c1. The van der Waals surface area contributed by atoms with Crippen molar-refractivity contribution in [1.29, 1.82) is 0 Å². The van der Waals surface area contributed by atoms with Crippen LogP contribution in [-0.4, -0.2) is 4.98 Å². The van der Waals surface area contributed by atoms with Crippen LogP contribution in [0.4, 0.5) is 17.1 Å². The summed E-state index contributed by atoms with van der Waals surface area (Å²) in [5.41, 5.74) is 8.90. The van der Waals surface area contributed by atoms with Gasteiger partial charge in [0.25, 0.3) is 0 Å². The van der Waals surface area contributed by atoms with E-state index in [1.165, 1.54) is 10.8 Å². The van der Waals surface area contributed by atoms with Gasteiger partial charge in [-0.2, -0.15) is 0 Å². The van der Waals surface area contributed by atoms with Gasteiger partial charge in [-0.3, -0.25) is 0 Å². The number of fused-ring (bicyclic) bond motifs is 12. The van der Waals surface area contributed by atoms with Crippen LogP contribution in [0.5, 0.6) is 0 Å². The number of anilines is 3. The Morgan fingerprint density at radius 1 is 0.370 bits per heavy atom. The average molecular weight is 693 g/mol. The largest absolute Gasteiger partial charge is 0.456 e. The highest BCUT2D eigenvalue weighted by atomic mass is 16.4. The van der Waals surface area contributed by atoms with Gasteiger partial charge in [0.2, 0.25) is 5.89 Å². The highest BCUT2D eigenvalue weighted by Crippen LogP contribution is 2.44. The first-order valence-corrected chi connectivity index (χ1v) is 18.1. The molecule has 0 atom stereocenters. The second kappa shape index (κ2) is 11.1. The van der Waals surface area contributed by atoms with Gasteiger partial charge in [-0.15, -0.1) is 0 Å². The zero-order valence-electron chi connectivity index (χ0n) is 28.8. The smallest absolute Gasteiger partial charge is 0.228 e. The summed E-state index contributed by atoms with van der Waals surface area (Å²) in [4.78, 5) is 7.39. The first-order valence-electron chi connectivity index (χ1n) is 18.1. The summed E-state index contributed by atoms with van der Waals surface area (Å²) in [6.45, 7) is 0. The molecule has 12 rings (SSSR count). The molecule has 0 saturated heterocycles. The number of aromatic nitrogens is 1. The van der Waals surface area contributed by atoms with Crippen molar-refractivity contribution in [2.75, 3.05) is 4.90 Å². The van der Waals surface area contributed by atoms with Crippen molar-refractivity contribution in [3.63, 3.8) is 0 Å². The maximum atomic E-state index is 6.52. The summed E-state index contributed by atoms with van der Waals surface area (Å²) in [6, 6.07) is 59.2. The Labute approximate surface area is 307 Å². The van der Waals surface area contributed by atoms with Crippen LogP contribution in [0.15, 0.2) is 183 Å². The van der Waals surface area contributed by atoms with Crippen molar-refractivity contribution in [2.45, 2.75) is 0 Å². The molecule has 0 saturated carbocycles. The van der Waals surface area contributed by atoms with Crippen LogP contribution in [-0.2, 0) is 0 Å². The Morgan fingerprint density at radius 2 is 1.00 bits per heavy atom. The summed E-state index contributed by atoms with van der Waals surface area (Å²) in [7, 11) is 0. The standard InChI is InChI=1S/C49H28N2O3/c1-2-11-32-26-33(19-16-29(32)8-1)51(34-20-24-42-40(27-34)38-22-17-31-10-4-6-13-37(31)48(38)53-42)35-21-25-43-41(28-35)46-39(14-7-15-44(46)52-43)49-50-47-36-12-5-3-9-30(36)18-23-45(47)54-49/h1-28H. The summed E-state index contributed by atoms with van der Waals surface area (Å²) in [5, 5.41) is 10.9. The second-order valence-corrected chi connectivity index (χ2v) is 13.9. The lowest BCUT2D eigenvalue weighted by Crippen LogP contribution is -2.09. The van der Waals surface area contributed by atoms with E-state index < -0.39 is 0 Å². The van der Waals surface area contributed by atoms with Gasteiger partial charge < -0.3 is 18.2 Å². The Hall–Kier alpha value is -7.37. The molecule has 0 aliphatic rings. The van der Waals surface area contributed by atoms with Crippen molar-refractivity contribution >= 4 is 104 Å². The quantitative estimate of drug-likeness (QED) is 0.184. The number of hydrogen-bond donors (Lipinski definition) is 0. The molecule has 0 N–H and O–H groups in total. The number of oxazole rings is 1. The molecule has 0 aliphatic heterocycles. The third-order valence-corrected chi connectivity index (χ3v) is 10.8. The van der Waals surface area contributed by atoms with Crippen LogP contribution in [0, 0.1) is 0 Å². The van der Waals surface area contributed by atoms with Crippen molar-refractivity contribution in [3.8, 4) is 11.5 Å². The molecule has 9 aromatic carbocycles. The van der Waals surface area contributed by atoms with Crippen molar-refractivity contribution in [2.24, 2.45) is 0 Å². The molecule has 0 radical (unpaired) electrons. The van der Waals surface area contributed by atoms with E-state index in [-0.39, 0.29) is 0 Å². The van der Waals surface area contributed by atoms with Gasteiger partial charge in [0.15, 0.2) is 5.58 Å². The number of nitrogens with zero attached hydrogens (tertiary/aromatic N) is 2. The second-order valence-electron chi connectivity index (χ2n) is 13.9. The van der Waals surface area contributed by atoms with Crippen LogP contribution in [0.25, 0.3) is 98.7 Å². The molecule has 12 aromatic rings. The number of rotatable bonds is 4. The molecule has 5 heteroatoms. The minimum Gasteiger partial charge on any atom is -0.456 e. The number of hydrogen-bond acceptors (Lipinski definition) is 5. The lowest BCUT2D eigenvalue weighted by Gasteiger charge is -2.26. The van der Waals surface area contributed by atoms with Gasteiger partial charge in [-0.05, 0) is 94.3 Å². The maximum absolute atomic E-state index is 6.52. The van der Waals surface area contributed by atoms with Gasteiger partial charge in [0.1, 0.15) is 27.8 Å². The van der Waals surface area contributed by atoms with Crippen LogP contribution in [0.3, 0.4) is 0 Å². The lowest BCUT2D eigenvalue weighted by atomic mass is 10.0. The van der Waals surface area contributed by atoms with Crippen LogP contribution in [0.2, 0.25) is 0 Å². The molecule has 0 fully saturated rings. The molecule has 3 heterocycles. The van der Waals surface area contributed by atoms with E-state index in [0.29, 0.717) is 5.89 Å². The molecule has 0 aliphatic carbocycles. The topological polar surface area (TPSA) is 55.6 Å². The molecule has 5 nitrogen and oxygen atoms in total. The van der Waals surface area contributed by atoms with Crippen molar-refractivity contribution in [1.82, 2.24) is 4.98 Å². The highest BCUT2D eigenvalue weighted by Gasteiger charge is 2.21. The number of furan rings is 2. The summed E-state index contributed by atoms with van der Waals surface area (Å²) in [5.74, 6) is 0.566. The average Bonchev–Trinajstić information content (AvgIpc) is 3.94. The fraction of sp³-hybridized carbons (Fsp3) is 0. The van der Waals surface area contributed by atoms with E-state index in [2.05, 4.69) is 144 Å². The predicted molar refractivity (Wildman–Crippen MR) is 221 cm³/mol. The minimum atomic E-state index is 0.566. The van der Waals surface area contributed by atoms with Gasteiger partial charge in [0, 0.05) is 54.9 Å². The van der Waals surface area contributed by atoms with E-state index in [1.54, 1.807) is 0 Å². The molecule has 0 spiro atoms. The molecule has 252 valence electrons. The summed E-state index contributed by atoms with van der Waals surface area (Å²) < 4.78 is 19.5. The van der Waals surface area contributed by atoms with E-state index in [4.69, 9.17) is 18.2 Å². The monoisotopic (exact) mass is 692 g/mol. The Balaban J connectivity index is 1.08. The molecule has 3 aromatic heterocycles. The Kier molecular flexibility index (Phi) is 5.99. The predicted octanol–water partition coefficient (Wildman–Crippen LogP) is 14.2. The normalized spacial score (nSPS) is 12.1. The van der Waals surface area contributed by atoms with Gasteiger partial charge in [-0.1, -0.05) is 97.1 Å². The zero-order chi connectivity index (χ0) is 35.3. The third kappa shape index (κ3) is 4.30. The van der Waals surface area contributed by atoms with Gasteiger partial charge in [-0.25, -0.2) is 4.98 Å². The Bertz CT molecular complexity index is 3480.